The van der Waals surface area contributed by atoms with Crippen LogP contribution in [0.1, 0.15) is 26.7 Å². The Balaban J connectivity index is 1.57. The lowest BCUT2D eigenvalue weighted by atomic mass is 10.3. The summed E-state index contributed by atoms with van der Waals surface area (Å²) in [6, 6.07) is 12.2. The van der Waals surface area contributed by atoms with Gasteiger partial charge in [0.2, 0.25) is 5.56 Å². The molecule has 0 spiro atoms. The normalized spacial score (nSPS) is 10.7. The Morgan fingerprint density at radius 1 is 0.744 bits per heavy atom. The number of pyridine rings is 3. The minimum Gasteiger partial charge on any atom is -0.425 e. The molecule has 6 N–H and O–H groups in total. The predicted molar refractivity (Wildman–Crippen MR) is 141 cm³/mol. The molecule has 14 heteroatoms. The highest BCUT2D eigenvalue weighted by molar-refractivity contribution is 5.92. The first-order valence-electron chi connectivity index (χ1n) is 11.9. The van der Waals surface area contributed by atoms with Crippen LogP contribution in [0.25, 0.3) is 5.70 Å². The molecule has 0 aromatic carbocycles. The lowest BCUT2D eigenvalue weighted by Gasteiger charge is -2.23. The molecule has 206 valence electrons. The van der Waals surface area contributed by atoms with E-state index in [1.807, 2.05) is 4.90 Å². The van der Waals surface area contributed by atoms with Crippen LogP contribution in [-0.2, 0) is 0 Å². The van der Waals surface area contributed by atoms with E-state index >= 15 is 0 Å². The summed E-state index contributed by atoms with van der Waals surface area (Å²) in [7, 11) is 0. The van der Waals surface area contributed by atoms with Crippen LogP contribution in [0.5, 0.6) is 0 Å². The van der Waals surface area contributed by atoms with E-state index in [-0.39, 0.29) is 39.5 Å². The van der Waals surface area contributed by atoms with Crippen LogP contribution < -0.4 is 32.6 Å². The molecule has 0 saturated heterocycles. The highest BCUT2D eigenvalue weighted by Gasteiger charge is 2.14. The zero-order valence-corrected chi connectivity index (χ0v) is 20.9. The number of aromatic amines is 1. The van der Waals surface area contributed by atoms with Gasteiger partial charge in [-0.2, -0.15) is 0 Å². The Kier molecular flexibility index (Phi) is 9.81. The van der Waals surface area contributed by atoms with Gasteiger partial charge in [0.05, 0.1) is 11.4 Å². The molecule has 3 rings (SSSR count). The van der Waals surface area contributed by atoms with Crippen molar-refractivity contribution in [3.05, 3.63) is 109 Å². The van der Waals surface area contributed by atoms with Crippen LogP contribution in [0.3, 0.4) is 0 Å². The number of nitrogens with one attached hydrogen (secondary N) is 4. The molecular formula is C25H29N7O7. The van der Waals surface area contributed by atoms with Crippen LogP contribution in [0.2, 0.25) is 0 Å². The average molecular weight is 540 g/mol. The summed E-state index contributed by atoms with van der Waals surface area (Å²) < 4.78 is 0.521. The second kappa shape index (κ2) is 13.4. The maximum absolute atomic E-state index is 12.4. The topological polar surface area (TPSA) is 191 Å². The first-order valence-corrected chi connectivity index (χ1v) is 11.9. The van der Waals surface area contributed by atoms with E-state index in [2.05, 4.69) is 27.5 Å². The summed E-state index contributed by atoms with van der Waals surface area (Å²) in [5, 5.41) is 27.9. The molecule has 39 heavy (non-hydrogen) atoms. The lowest BCUT2D eigenvalue weighted by molar-refractivity contribution is 0.0885. The zero-order chi connectivity index (χ0) is 28.4. The van der Waals surface area contributed by atoms with E-state index in [1.54, 1.807) is 12.1 Å². The standard InChI is InChI=1S/C25H29N7O7/c1-17(18-5-2-8-21(33)29-18)26-11-14-30(15-12-27-24(36)19-6-3-9-22(34)31(19)38)16-13-28-25(37)20-7-4-10-23(35)32(20)39/h2-10,26,38-39H,1,11-16H2,(H,27,36)(H,28,37)(H,29,33). The van der Waals surface area contributed by atoms with Crippen LogP contribution in [0, 0.1) is 0 Å². The molecule has 3 heterocycles. The smallest absolute Gasteiger partial charge is 0.283 e. The number of hydrogen-bond donors (Lipinski definition) is 6. The Bertz CT molecular complexity index is 1430. The first-order chi connectivity index (χ1) is 18.7. The number of aromatic nitrogens is 3. The minimum atomic E-state index is -0.738. The number of nitrogens with zero attached hydrogens (tertiary/aromatic N) is 3. The molecule has 0 aliphatic rings. The monoisotopic (exact) mass is 539 g/mol. The third-order valence-corrected chi connectivity index (χ3v) is 5.61. The molecule has 0 atom stereocenters. The van der Waals surface area contributed by atoms with Gasteiger partial charge < -0.3 is 31.3 Å². The summed E-state index contributed by atoms with van der Waals surface area (Å²) in [6.07, 6.45) is 0. The van der Waals surface area contributed by atoms with Gasteiger partial charge in [-0.3, -0.25) is 28.9 Å². The second-order valence-corrected chi connectivity index (χ2v) is 8.31. The number of rotatable bonds is 13. The molecule has 0 bridgehead atoms. The fourth-order valence-corrected chi connectivity index (χ4v) is 3.56. The van der Waals surface area contributed by atoms with Crippen LogP contribution in [-0.4, -0.2) is 80.8 Å². The molecular weight excluding hydrogens is 510 g/mol. The largest absolute Gasteiger partial charge is 0.425 e. The number of hydrogen-bond acceptors (Lipinski definition) is 9. The molecule has 0 unspecified atom stereocenters. The Labute approximate surface area is 221 Å². The van der Waals surface area contributed by atoms with Crippen molar-refractivity contribution in [1.82, 2.24) is 35.3 Å². The van der Waals surface area contributed by atoms with E-state index in [9.17, 15) is 34.4 Å². The van der Waals surface area contributed by atoms with Crippen molar-refractivity contribution in [2.45, 2.75) is 0 Å². The second-order valence-electron chi connectivity index (χ2n) is 8.31. The number of H-pyrrole nitrogens is 1. The average Bonchev–Trinajstić information content (AvgIpc) is 2.91. The van der Waals surface area contributed by atoms with Gasteiger partial charge in [0.1, 0.15) is 11.4 Å². The van der Waals surface area contributed by atoms with Gasteiger partial charge in [-0.15, -0.1) is 9.46 Å². The van der Waals surface area contributed by atoms with Crippen molar-refractivity contribution >= 4 is 17.5 Å². The van der Waals surface area contributed by atoms with Gasteiger partial charge in [-0.05, 0) is 18.2 Å². The summed E-state index contributed by atoms with van der Waals surface area (Å²) in [4.78, 5) is 64.0. The fourth-order valence-electron chi connectivity index (χ4n) is 3.56. The zero-order valence-electron chi connectivity index (χ0n) is 20.9. The van der Waals surface area contributed by atoms with Crippen molar-refractivity contribution in [2.75, 3.05) is 39.3 Å². The van der Waals surface area contributed by atoms with E-state index in [1.165, 1.54) is 30.3 Å². The highest BCUT2D eigenvalue weighted by atomic mass is 16.5. The van der Waals surface area contributed by atoms with Crippen LogP contribution in [0.15, 0.2) is 75.6 Å². The van der Waals surface area contributed by atoms with Crippen molar-refractivity contribution < 1.29 is 20.0 Å². The van der Waals surface area contributed by atoms with E-state index in [0.29, 0.717) is 37.6 Å². The van der Waals surface area contributed by atoms with Crippen LogP contribution >= 0.6 is 0 Å². The number of carbonyl (C=O) groups excluding carboxylic acids is 2. The summed E-state index contributed by atoms with van der Waals surface area (Å²) in [5.41, 5.74) is -1.13. The van der Waals surface area contributed by atoms with Gasteiger partial charge in [0, 0.05) is 57.5 Å². The molecule has 2 amide bonds. The number of carbonyl (C=O) groups is 2. The van der Waals surface area contributed by atoms with Crippen molar-refractivity contribution in [3.63, 3.8) is 0 Å². The van der Waals surface area contributed by atoms with Crippen molar-refractivity contribution in [2.24, 2.45) is 0 Å². The third kappa shape index (κ3) is 7.93. The van der Waals surface area contributed by atoms with E-state index in [0.717, 1.165) is 12.1 Å². The maximum atomic E-state index is 12.4. The maximum Gasteiger partial charge on any atom is 0.283 e. The van der Waals surface area contributed by atoms with Crippen LogP contribution in [0.4, 0.5) is 0 Å². The highest BCUT2D eigenvalue weighted by Crippen LogP contribution is 2.02. The number of amides is 2. The van der Waals surface area contributed by atoms with E-state index < -0.39 is 22.9 Å². The van der Waals surface area contributed by atoms with Crippen molar-refractivity contribution in [3.8, 4) is 0 Å². The molecule has 0 fully saturated rings. The minimum absolute atomic E-state index is 0.150. The fraction of sp³-hybridized carbons (Fsp3) is 0.240. The molecule has 3 aromatic rings. The van der Waals surface area contributed by atoms with E-state index in [4.69, 9.17) is 0 Å². The summed E-state index contributed by atoms with van der Waals surface area (Å²) >= 11 is 0. The SMILES string of the molecule is C=C(NCCN(CCNC(=O)c1cccc(=O)n1O)CCNC(=O)c1cccc(=O)n1O)c1cccc(=O)[nH]1. The lowest BCUT2D eigenvalue weighted by Crippen LogP contribution is -2.43. The Morgan fingerprint density at radius 2 is 1.21 bits per heavy atom. The molecule has 0 saturated carbocycles. The first kappa shape index (κ1) is 28.5. The van der Waals surface area contributed by atoms with Gasteiger partial charge >= 0.3 is 0 Å². The van der Waals surface area contributed by atoms with Gasteiger partial charge in [0.25, 0.3) is 22.9 Å². The molecule has 14 nitrogen and oxygen atoms in total. The predicted octanol–water partition coefficient (Wildman–Crippen LogP) is -1.10. The molecule has 0 aliphatic carbocycles. The Hall–Kier alpha value is -5.11. The van der Waals surface area contributed by atoms with Gasteiger partial charge in [-0.25, -0.2) is 0 Å². The molecule has 0 radical (unpaired) electrons. The quantitative estimate of drug-likeness (QED) is 0.146. The molecule has 3 aromatic heterocycles. The molecule has 0 aliphatic heterocycles. The van der Waals surface area contributed by atoms with Gasteiger partial charge in [0.15, 0.2) is 0 Å². The summed E-state index contributed by atoms with van der Waals surface area (Å²) in [6.45, 7) is 5.72. The third-order valence-electron chi connectivity index (χ3n) is 5.61. The Morgan fingerprint density at radius 3 is 1.69 bits per heavy atom. The summed E-state index contributed by atoms with van der Waals surface area (Å²) in [5.74, 6) is -1.29. The van der Waals surface area contributed by atoms with Crippen molar-refractivity contribution in [1.29, 1.82) is 0 Å². The van der Waals surface area contributed by atoms with Gasteiger partial charge in [-0.1, -0.05) is 24.8 Å².